The molecular formula is C25H43FN4O2. The van der Waals surface area contributed by atoms with Gasteiger partial charge in [-0.2, -0.15) is 0 Å². The van der Waals surface area contributed by atoms with Crippen LogP contribution in [0.1, 0.15) is 79.1 Å². The van der Waals surface area contributed by atoms with Crippen LogP contribution >= 0.6 is 0 Å². The van der Waals surface area contributed by atoms with Crippen molar-refractivity contribution in [2.45, 2.75) is 121 Å². The van der Waals surface area contributed by atoms with Gasteiger partial charge in [0.2, 0.25) is 11.8 Å². The van der Waals surface area contributed by atoms with E-state index in [4.69, 9.17) is 0 Å². The number of rotatable bonds is 5. The van der Waals surface area contributed by atoms with Crippen LogP contribution in [0, 0.1) is 11.8 Å². The van der Waals surface area contributed by atoms with Gasteiger partial charge in [-0.05, 0) is 71.1 Å². The average Bonchev–Trinajstić information content (AvgIpc) is 3.39. The maximum Gasteiger partial charge on any atom is 0.237 e. The number of hydrogen-bond donors (Lipinski definition) is 2. The Hall–Kier alpha value is -1.21. The van der Waals surface area contributed by atoms with Crippen molar-refractivity contribution in [2.75, 3.05) is 13.1 Å². The number of carbonyl (C=O) groups excluding carboxylic acids is 2. The lowest BCUT2D eigenvalue weighted by Crippen LogP contribution is -2.51. The summed E-state index contributed by atoms with van der Waals surface area (Å²) in [5.74, 6) is 0.647. The zero-order chi connectivity index (χ0) is 23.0. The van der Waals surface area contributed by atoms with Crippen LogP contribution in [0.15, 0.2) is 0 Å². The summed E-state index contributed by atoms with van der Waals surface area (Å²) in [6, 6.07) is 1.07. The monoisotopic (exact) mass is 450 g/mol. The second-order valence-electron chi connectivity index (χ2n) is 11.2. The zero-order valence-electron chi connectivity index (χ0n) is 20.4. The molecule has 4 aliphatic rings. The van der Waals surface area contributed by atoms with Crippen molar-refractivity contribution in [2.24, 2.45) is 11.8 Å². The van der Waals surface area contributed by atoms with Crippen LogP contribution in [0.5, 0.6) is 0 Å². The number of hydrogen-bond acceptors (Lipinski definition) is 4. The summed E-state index contributed by atoms with van der Waals surface area (Å²) < 4.78 is 14.4. The number of amides is 2. The van der Waals surface area contributed by atoms with E-state index in [1.807, 2.05) is 4.90 Å². The lowest BCUT2D eigenvalue weighted by atomic mass is 9.77. The molecule has 6 nitrogen and oxygen atoms in total. The van der Waals surface area contributed by atoms with Crippen LogP contribution in [0.25, 0.3) is 0 Å². The fourth-order valence-corrected chi connectivity index (χ4v) is 7.10. The average molecular weight is 451 g/mol. The molecule has 2 heterocycles. The molecule has 2 amide bonds. The number of nitrogens with one attached hydrogen (secondary N) is 2. The Morgan fingerprint density at radius 1 is 1.12 bits per heavy atom. The van der Waals surface area contributed by atoms with Crippen molar-refractivity contribution in [1.29, 1.82) is 0 Å². The molecule has 2 aliphatic heterocycles. The van der Waals surface area contributed by atoms with E-state index >= 15 is 0 Å². The summed E-state index contributed by atoms with van der Waals surface area (Å²) in [7, 11) is 0. The summed E-state index contributed by atoms with van der Waals surface area (Å²) in [5.41, 5.74) is 0. The van der Waals surface area contributed by atoms with Gasteiger partial charge in [0.1, 0.15) is 6.17 Å². The van der Waals surface area contributed by atoms with E-state index < -0.39 is 6.17 Å². The highest BCUT2D eigenvalue weighted by atomic mass is 19.1. The van der Waals surface area contributed by atoms with Gasteiger partial charge in [0.25, 0.3) is 0 Å². The first kappa shape index (κ1) is 23.9. The maximum atomic E-state index is 14.4. The fourth-order valence-electron chi connectivity index (χ4n) is 7.10. The van der Waals surface area contributed by atoms with E-state index in [-0.39, 0.29) is 41.9 Å². The maximum absolute atomic E-state index is 14.4. The molecule has 32 heavy (non-hydrogen) atoms. The zero-order valence-corrected chi connectivity index (χ0v) is 20.4. The van der Waals surface area contributed by atoms with Crippen molar-refractivity contribution in [3.05, 3.63) is 0 Å². The largest absolute Gasteiger partial charge is 0.352 e. The highest BCUT2D eigenvalue weighted by Crippen LogP contribution is 2.38. The Morgan fingerprint density at radius 2 is 1.91 bits per heavy atom. The third-order valence-electron chi connectivity index (χ3n) is 8.67. The second kappa shape index (κ2) is 9.96. The van der Waals surface area contributed by atoms with Gasteiger partial charge < -0.3 is 15.5 Å². The van der Waals surface area contributed by atoms with E-state index in [0.29, 0.717) is 30.8 Å². The number of carbonyl (C=O) groups is 2. The molecule has 0 bridgehead atoms. The first-order chi connectivity index (χ1) is 15.2. The molecule has 0 radical (unpaired) electrons. The normalized spacial score (nSPS) is 40.3. The molecule has 2 aliphatic carbocycles. The molecule has 0 spiro atoms. The van der Waals surface area contributed by atoms with E-state index in [2.05, 4.69) is 36.3 Å². The van der Waals surface area contributed by atoms with Gasteiger partial charge in [0.15, 0.2) is 0 Å². The highest BCUT2D eigenvalue weighted by molar-refractivity contribution is 5.82. The van der Waals surface area contributed by atoms with Crippen molar-refractivity contribution in [3.63, 3.8) is 0 Å². The summed E-state index contributed by atoms with van der Waals surface area (Å²) in [5, 5.41) is 6.78. The minimum absolute atomic E-state index is 0.0136. The van der Waals surface area contributed by atoms with E-state index in [1.54, 1.807) is 6.92 Å². The minimum Gasteiger partial charge on any atom is -0.352 e. The van der Waals surface area contributed by atoms with Crippen molar-refractivity contribution in [1.82, 2.24) is 20.4 Å². The molecule has 4 rings (SSSR count). The van der Waals surface area contributed by atoms with Crippen LogP contribution in [0.3, 0.4) is 0 Å². The number of nitrogens with zero attached hydrogens (tertiary/aromatic N) is 2. The third-order valence-corrected chi connectivity index (χ3v) is 8.67. The lowest BCUT2D eigenvalue weighted by Gasteiger charge is -2.37. The number of fused-ring (bicyclic) bond motifs is 1. The van der Waals surface area contributed by atoms with Crippen molar-refractivity contribution < 1.29 is 14.0 Å². The number of halogens is 1. The van der Waals surface area contributed by atoms with Crippen LogP contribution in [0.2, 0.25) is 0 Å². The molecule has 4 fully saturated rings. The molecule has 7 unspecified atom stereocenters. The van der Waals surface area contributed by atoms with Crippen molar-refractivity contribution >= 4 is 11.8 Å². The van der Waals surface area contributed by atoms with Gasteiger partial charge in [0.05, 0.1) is 6.04 Å². The first-order valence-corrected chi connectivity index (χ1v) is 13.0. The molecule has 182 valence electrons. The quantitative estimate of drug-likeness (QED) is 0.676. The smallest absolute Gasteiger partial charge is 0.237 e. The first-order valence-electron chi connectivity index (χ1n) is 13.0. The molecule has 0 aromatic heterocycles. The molecule has 0 aromatic carbocycles. The molecule has 0 aromatic rings. The molecule has 8 atom stereocenters. The Bertz CT molecular complexity index is 671. The summed E-state index contributed by atoms with van der Waals surface area (Å²) >= 11 is 0. The van der Waals surface area contributed by atoms with Gasteiger partial charge in [-0.15, -0.1) is 0 Å². The molecule has 2 saturated carbocycles. The summed E-state index contributed by atoms with van der Waals surface area (Å²) in [4.78, 5) is 29.7. The SMILES string of the molecule is CC(=O)N(C(C)C)C1CCN(C2CCC[C@@H](NC(=O)C3CC4C(F)CCC(C)C4N3)C2)C1. The second-order valence-corrected chi connectivity index (χ2v) is 11.2. The van der Waals surface area contributed by atoms with Crippen molar-refractivity contribution in [3.8, 4) is 0 Å². The van der Waals surface area contributed by atoms with Gasteiger partial charge in [0, 0.05) is 56.1 Å². The standard InChI is InChI=1S/C25H43FN4O2/c1-15(2)30(17(4)31)20-10-11-29(14-20)19-7-5-6-18(12-19)27-25(32)23-13-21-22(26)9-8-16(3)24(21)28-23/h15-16,18-24,28H,5-14H2,1-4H3,(H,27,32)/t16?,18-,19?,20?,21?,22?,23?,24?/m1/s1. The van der Waals surface area contributed by atoms with Crippen LogP contribution < -0.4 is 10.6 Å². The Balaban J connectivity index is 1.29. The Labute approximate surface area is 193 Å². The minimum atomic E-state index is -0.774. The molecular weight excluding hydrogens is 407 g/mol. The molecule has 2 N–H and O–H groups in total. The predicted molar refractivity (Wildman–Crippen MR) is 124 cm³/mol. The number of alkyl halides is 1. The van der Waals surface area contributed by atoms with E-state index in [1.165, 1.54) is 0 Å². The molecule has 2 saturated heterocycles. The summed E-state index contributed by atoms with van der Waals surface area (Å²) in [6.45, 7) is 10.00. The third kappa shape index (κ3) is 4.98. The van der Waals surface area contributed by atoms with Crippen LogP contribution in [-0.4, -0.2) is 77.1 Å². The van der Waals surface area contributed by atoms with Crippen LogP contribution in [-0.2, 0) is 9.59 Å². The topological polar surface area (TPSA) is 64.7 Å². The number of likely N-dealkylation sites (tertiary alicyclic amines) is 1. The van der Waals surface area contributed by atoms with E-state index in [0.717, 1.165) is 51.6 Å². The lowest BCUT2D eigenvalue weighted by molar-refractivity contribution is -0.133. The predicted octanol–water partition coefficient (Wildman–Crippen LogP) is 2.86. The fraction of sp³-hybridized carbons (Fsp3) is 0.920. The van der Waals surface area contributed by atoms with Gasteiger partial charge in [-0.25, -0.2) is 4.39 Å². The molecule has 7 heteroatoms. The van der Waals surface area contributed by atoms with Gasteiger partial charge >= 0.3 is 0 Å². The van der Waals surface area contributed by atoms with E-state index in [9.17, 15) is 14.0 Å². The van der Waals surface area contributed by atoms with Gasteiger partial charge in [-0.1, -0.05) is 6.92 Å². The van der Waals surface area contributed by atoms with Gasteiger partial charge in [-0.3, -0.25) is 14.5 Å². The Kier molecular flexibility index (Phi) is 7.45. The Morgan fingerprint density at radius 3 is 2.59 bits per heavy atom. The van der Waals surface area contributed by atoms with Crippen LogP contribution in [0.4, 0.5) is 4.39 Å². The highest BCUT2D eigenvalue weighted by Gasteiger charge is 2.46. The summed E-state index contributed by atoms with van der Waals surface area (Å²) in [6.07, 6.45) is 6.70.